The Labute approximate surface area is 136 Å². The maximum atomic E-state index is 12.8. The minimum absolute atomic E-state index is 0.255. The summed E-state index contributed by atoms with van der Waals surface area (Å²) in [4.78, 5) is 8.64. The van der Waals surface area contributed by atoms with Crippen molar-refractivity contribution in [2.24, 2.45) is 9.98 Å². The third kappa shape index (κ3) is 6.70. The molecule has 0 fully saturated rings. The molecule has 1 N–H and O–H groups in total. The summed E-state index contributed by atoms with van der Waals surface area (Å²) in [6, 6.07) is 8.31. The summed E-state index contributed by atoms with van der Waals surface area (Å²) in [6.07, 6.45) is 3.49. The van der Waals surface area contributed by atoms with Crippen molar-refractivity contribution in [1.29, 1.82) is 5.26 Å². The number of halogens is 1. The lowest BCUT2D eigenvalue weighted by molar-refractivity contribution is 0.627. The molecule has 0 bridgehead atoms. The van der Waals surface area contributed by atoms with Crippen LogP contribution in [0.3, 0.4) is 0 Å². The first-order valence-electron chi connectivity index (χ1n) is 7.23. The molecule has 4 nitrogen and oxygen atoms in total. The molecule has 0 atom stereocenters. The van der Waals surface area contributed by atoms with Crippen LogP contribution in [0.5, 0.6) is 0 Å². The van der Waals surface area contributed by atoms with Crippen molar-refractivity contribution in [1.82, 2.24) is 5.32 Å². The van der Waals surface area contributed by atoms with Gasteiger partial charge in [-0.1, -0.05) is 12.1 Å². The smallest absolute Gasteiger partial charge is 0.123 e. The Hall–Kier alpha value is -2.74. The molecule has 1 aromatic carbocycles. The SMILES string of the molecule is CNC(C#N)=CC(C)=C(C)C=NC(C)=NCc1ccc(F)cc1. The lowest BCUT2D eigenvalue weighted by atomic mass is 10.1. The normalized spacial score (nSPS) is 13.7. The molecule has 23 heavy (non-hydrogen) atoms. The molecule has 120 valence electrons. The van der Waals surface area contributed by atoms with Crippen LogP contribution in [0.15, 0.2) is 57.2 Å². The fourth-order valence-electron chi connectivity index (χ4n) is 1.62. The summed E-state index contributed by atoms with van der Waals surface area (Å²) < 4.78 is 12.8. The highest BCUT2D eigenvalue weighted by Gasteiger charge is 1.96. The molecule has 0 aliphatic carbocycles. The van der Waals surface area contributed by atoms with Crippen molar-refractivity contribution in [3.05, 3.63) is 58.6 Å². The lowest BCUT2D eigenvalue weighted by Crippen LogP contribution is -2.03. The highest BCUT2D eigenvalue weighted by atomic mass is 19.1. The van der Waals surface area contributed by atoms with E-state index in [1.807, 2.05) is 20.8 Å². The number of rotatable bonds is 5. The van der Waals surface area contributed by atoms with Crippen LogP contribution in [0, 0.1) is 17.1 Å². The Bertz CT molecular complexity index is 689. The van der Waals surface area contributed by atoms with E-state index in [2.05, 4.69) is 21.4 Å². The van der Waals surface area contributed by atoms with Gasteiger partial charge in [0.05, 0.1) is 6.54 Å². The predicted octanol–water partition coefficient (Wildman–Crippen LogP) is 3.78. The number of allylic oxidation sites excluding steroid dienone is 4. The van der Waals surface area contributed by atoms with Gasteiger partial charge in [-0.2, -0.15) is 5.26 Å². The molecular formula is C18H21FN4. The highest BCUT2D eigenvalue weighted by Crippen LogP contribution is 2.06. The second kappa shape index (κ2) is 9.31. The molecule has 0 amide bonds. The summed E-state index contributed by atoms with van der Waals surface area (Å²) in [5.74, 6) is 0.384. The van der Waals surface area contributed by atoms with Crippen molar-refractivity contribution in [3.63, 3.8) is 0 Å². The van der Waals surface area contributed by atoms with E-state index >= 15 is 0 Å². The maximum absolute atomic E-state index is 12.8. The highest BCUT2D eigenvalue weighted by molar-refractivity contribution is 5.93. The second-order valence-corrected chi connectivity index (χ2v) is 5.03. The van der Waals surface area contributed by atoms with E-state index in [4.69, 9.17) is 5.26 Å². The van der Waals surface area contributed by atoms with Gasteiger partial charge in [-0.15, -0.1) is 0 Å². The summed E-state index contributed by atoms with van der Waals surface area (Å²) in [5, 5.41) is 11.7. The fraction of sp³-hybridized carbons (Fsp3) is 0.278. The van der Waals surface area contributed by atoms with E-state index < -0.39 is 0 Å². The van der Waals surface area contributed by atoms with Crippen LogP contribution >= 0.6 is 0 Å². The zero-order valence-electron chi connectivity index (χ0n) is 13.9. The summed E-state index contributed by atoms with van der Waals surface area (Å²) >= 11 is 0. The summed E-state index contributed by atoms with van der Waals surface area (Å²) in [5.41, 5.74) is 3.33. The Morgan fingerprint density at radius 3 is 2.43 bits per heavy atom. The molecule has 0 aliphatic rings. The van der Waals surface area contributed by atoms with Crippen LogP contribution in [0.1, 0.15) is 26.3 Å². The molecule has 0 saturated heterocycles. The van der Waals surface area contributed by atoms with Gasteiger partial charge >= 0.3 is 0 Å². The molecule has 0 saturated carbocycles. The second-order valence-electron chi connectivity index (χ2n) is 5.03. The first kappa shape index (κ1) is 18.3. The number of amidine groups is 1. The van der Waals surface area contributed by atoms with Gasteiger partial charge in [-0.25, -0.2) is 9.38 Å². The fourth-order valence-corrected chi connectivity index (χ4v) is 1.62. The average molecular weight is 312 g/mol. The van der Waals surface area contributed by atoms with Gasteiger partial charge in [0.25, 0.3) is 0 Å². The van der Waals surface area contributed by atoms with E-state index in [1.54, 1.807) is 31.5 Å². The Morgan fingerprint density at radius 1 is 1.22 bits per heavy atom. The predicted molar refractivity (Wildman–Crippen MR) is 92.8 cm³/mol. The van der Waals surface area contributed by atoms with Crippen LogP contribution in [-0.2, 0) is 6.54 Å². The van der Waals surface area contributed by atoms with Crippen LogP contribution < -0.4 is 5.32 Å². The third-order valence-corrected chi connectivity index (χ3v) is 3.22. The topological polar surface area (TPSA) is 60.5 Å². The summed E-state index contributed by atoms with van der Waals surface area (Å²) in [6.45, 7) is 6.12. The summed E-state index contributed by atoms with van der Waals surface area (Å²) in [7, 11) is 1.71. The quantitative estimate of drug-likeness (QED) is 0.389. The van der Waals surface area contributed by atoms with Gasteiger partial charge in [0.2, 0.25) is 0 Å². The van der Waals surface area contributed by atoms with Crippen molar-refractivity contribution in [2.45, 2.75) is 27.3 Å². The molecular weight excluding hydrogens is 291 g/mol. The Morgan fingerprint density at radius 2 is 1.87 bits per heavy atom. The maximum Gasteiger partial charge on any atom is 0.123 e. The van der Waals surface area contributed by atoms with E-state index in [1.165, 1.54) is 12.1 Å². The van der Waals surface area contributed by atoms with Crippen molar-refractivity contribution in [2.75, 3.05) is 7.05 Å². The number of nitrogens with one attached hydrogen (secondary N) is 1. The zero-order valence-corrected chi connectivity index (χ0v) is 13.9. The number of benzene rings is 1. The van der Waals surface area contributed by atoms with Crippen molar-refractivity contribution in [3.8, 4) is 6.07 Å². The van der Waals surface area contributed by atoms with Gasteiger partial charge < -0.3 is 5.32 Å². The molecule has 0 spiro atoms. The average Bonchev–Trinajstić information content (AvgIpc) is 2.56. The monoisotopic (exact) mass is 312 g/mol. The van der Waals surface area contributed by atoms with Gasteiger partial charge in [0.1, 0.15) is 23.4 Å². The van der Waals surface area contributed by atoms with Crippen molar-refractivity contribution >= 4 is 12.1 Å². The van der Waals surface area contributed by atoms with Gasteiger partial charge in [-0.05, 0) is 55.7 Å². The van der Waals surface area contributed by atoms with Gasteiger partial charge in [0.15, 0.2) is 0 Å². The number of aliphatic imine (C=N–C) groups is 2. The van der Waals surface area contributed by atoms with Gasteiger partial charge in [0, 0.05) is 13.3 Å². The molecule has 1 rings (SSSR count). The van der Waals surface area contributed by atoms with E-state index in [0.717, 1.165) is 16.7 Å². The first-order chi connectivity index (χ1) is 11.0. The Kier molecular flexibility index (Phi) is 7.41. The minimum atomic E-state index is -0.255. The molecule has 0 heterocycles. The van der Waals surface area contributed by atoms with Gasteiger partial charge in [-0.3, -0.25) is 4.99 Å². The largest absolute Gasteiger partial charge is 0.380 e. The van der Waals surface area contributed by atoms with E-state index in [9.17, 15) is 4.39 Å². The molecule has 0 unspecified atom stereocenters. The molecule has 0 radical (unpaired) electrons. The number of nitrogens with zero attached hydrogens (tertiary/aromatic N) is 3. The van der Waals surface area contributed by atoms with Crippen molar-refractivity contribution < 1.29 is 4.39 Å². The van der Waals surface area contributed by atoms with E-state index in [0.29, 0.717) is 18.1 Å². The first-order valence-corrected chi connectivity index (χ1v) is 7.23. The molecule has 5 heteroatoms. The number of nitriles is 1. The van der Waals surface area contributed by atoms with Crippen LogP contribution in [0.2, 0.25) is 0 Å². The minimum Gasteiger partial charge on any atom is -0.380 e. The molecule has 0 aromatic heterocycles. The Balaban J connectivity index is 2.75. The van der Waals surface area contributed by atoms with Crippen LogP contribution in [0.4, 0.5) is 4.39 Å². The molecule has 0 aliphatic heterocycles. The lowest BCUT2D eigenvalue weighted by Gasteiger charge is -2.00. The zero-order chi connectivity index (χ0) is 17.2. The number of hydrogen-bond acceptors (Lipinski definition) is 3. The standard InChI is InChI=1S/C18H21FN4/c1-13(9-18(10-20)21-4)14(2)11-22-15(3)23-12-16-5-7-17(19)8-6-16/h5-9,11,21H,12H2,1-4H3. The number of hydrogen-bond donors (Lipinski definition) is 1. The van der Waals surface area contributed by atoms with Crippen LogP contribution in [-0.4, -0.2) is 19.1 Å². The molecule has 1 aromatic rings. The van der Waals surface area contributed by atoms with Crippen LogP contribution in [0.25, 0.3) is 0 Å². The van der Waals surface area contributed by atoms with E-state index in [-0.39, 0.29) is 5.82 Å². The third-order valence-electron chi connectivity index (χ3n) is 3.22.